The first-order valence-electron chi connectivity index (χ1n) is 8.01. The third-order valence-electron chi connectivity index (χ3n) is 3.71. The summed E-state index contributed by atoms with van der Waals surface area (Å²) in [5.74, 6) is -0.241. The molecule has 8 heteroatoms. The number of anilines is 1. The van der Waals surface area contributed by atoms with Crippen LogP contribution in [-0.2, 0) is 14.3 Å². The van der Waals surface area contributed by atoms with Crippen LogP contribution in [0, 0.1) is 0 Å². The molecule has 3 rings (SSSR count). The van der Waals surface area contributed by atoms with Gasteiger partial charge in [0.05, 0.1) is 12.7 Å². The molecule has 2 aromatic rings. The molecule has 1 aliphatic rings. The third-order valence-corrected chi connectivity index (χ3v) is 4.58. The molecule has 0 bridgehead atoms. The van der Waals surface area contributed by atoms with E-state index in [-0.39, 0.29) is 12.0 Å². The van der Waals surface area contributed by atoms with Crippen molar-refractivity contribution in [2.24, 2.45) is 0 Å². The Morgan fingerprint density at radius 1 is 1.46 bits per heavy atom. The third kappa shape index (κ3) is 4.56. The first-order valence-corrected chi connectivity index (χ1v) is 8.83. The van der Waals surface area contributed by atoms with Gasteiger partial charge in [0, 0.05) is 12.8 Å². The predicted molar refractivity (Wildman–Crippen MR) is 90.8 cm³/mol. The van der Waals surface area contributed by atoms with Crippen molar-refractivity contribution in [2.75, 3.05) is 18.5 Å². The van der Waals surface area contributed by atoms with Crippen LogP contribution in [0.4, 0.5) is 5.13 Å². The largest absolute Gasteiger partial charge is 0.376 e. The summed E-state index contributed by atoms with van der Waals surface area (Å²) in [5, 5.41) is 11.9. The lowest BCUT2D eigenvalue weighted by Gasteiger charge is -2.23. The summed E-state index contributed by atoms with van der Waals surface area (Å²) in [7, 11) is 0. The number of carbonyl (C=O) groups excluding carboxylic acids is 1. The molecule has 0 saturated carbocycles. The molecule has 1 aliphatic heterocycles. The fourth-order valence-corrected chi connectivity index (χ4v) is 3.06. The van der Waals surface area contributed by atoms with Gasteiger partial charge >= 0.3 is 0 Å². The highest BCUT2D eigenvalue weighted by molar-refractivity contribution is 7.18. The second-order valence-electron chi connectivity index (χ2n) is 5.58. The first-order chi connectivity index (χ1) is 11.7. The summed E-state index contributed by atoms with van der Waals surface area (Å²) < 4.78 is 11.2. The number of nitrogens with zero attached hydrogens (tertiary/aromatic N) is 3. The Morgan fingerprint density at radius 2 is 2.38 bits per heavy atom. The number of hydrogen-bond donors (Lipinski definition) is 1. The minimum absolute atomic E-state index is 0.0892. The molecule has 7 nitrogen and oxygen atoms in total. The lowest BCUT2D eigenvalue weighted by Crippen LogP contribution is -2.32. The number of rotatable bonds is 6. The fraction of sp³-hybridized carbons (Fsp3) is 0.500. The quantitative estimate of drug-likeness (QED) is 0.863. The zero-order chi connectivity index (χ0) is 16.8. The molecular weight excluding hydrogens is 328 g/mol. The maximum Gasteiger partial charge on any atom is 0.255 e. The highest BCUT2D eigenvalue weighted by Crippen LogP contribution is 2.24. The van der Waals surface area contributed by atoms with E-state index in [0.29, 0.717) is 16.7 Å². The molecule has 0 aromatic carbocycles. The van der Waals surface area contributed by atoms with Crippen LogP contribution in [0.25, 0.3) is 10.7 Å². The van der Waals surface area contributed by atoms with Crippen molar-refractivity contribution in [1.29, 1.82) is 0 Å². The summed E-state index contributed by atoms with van der Waals surface area (Å²) in [6, 6.07) is 5.57. The Bertz CT molecular complexity index is 658. The second-order valence-corrected chi connectivity index (χ2v) is 6.56. The van der Waals surface area contributed by atoms with Gasteiger partial charge in [-0.2, -0.15) is 0 Å². The van der Waals surface area contributed by atoms with Crippen LogP contribution in [0.2, 0.25) is 0 Å². The predicted octanol–water partition coefficient (Wildman–Crippen LogP) is 2.51. The van der Waals surface area contributed by atoms with Crippen molar-refractivity contribution in [2.45, 2.75) is 38.4 Å². The van der Waals surface area contributed by atoms with Gasteiger partial charge in [0.25, 0.3) is 5.91 Å². The lowest BCUT2D eigenvalue weighted by molar-refractivity contribution is -0.130. The Kier molecular flexibility index (Phi) is 5.84. The van der Waals surface area contributed by atoms with Crippen molar-refractivity contribution >= 4 is 22.4 Å². The molecule has 1 amide bonds. The van der Waals surface area contributed by atoms with Crippen molar-refractivity contribution in [1.82, 2.24) is 15.2 Å². The van der Waals surface area contributed by atoms with Crippen molar-refractivity contribution < 1.29 is 14.3 Å². The van der Waals surface area contributed by atoms with E-state index in [4.69, 9.17) is 9.47 Å². The van der Waals surface area contributed by atoms with Crippen molar-refractivity contribution in [3.05, 3.63) is 24.4 Å². The highest BCUT2D eigenvalue weighted by Gasteiger charge is 2.20. The van der Waals surface area contributed by atoms with E-state index in [9.17, 15) is 4.79 Å². The number of nitrogens with one attached hydrogen (secondary N) is 1. The number of aromatic nitrogens is 3. The standard InChI is InChI=1S/C16H20N4O3S/c1-11(23-10-12-6-3-5-9-22-12)14(21)18-16-20-19-15(24-16)13-7-2-4-8-17-13/h2,4,7-8,11-12H,3,5-6,9-10H2,1H3,(H,18,20,21). The van der Waals surface area contributed by atoms with E-state index in [0.717, 1.165) is 31.6 Å². The van der Waals surface area contributed by atoms with Gasteiger partial charge in [-0.15, -0.1) is 10.2 Å². The second kappa shape index (κ2) is 8.27. The minimum Gasteiger partial charge on any atom is -0.376 e. The molecular formula is C16H20N4O3S. The van der Waals surface area contributed by atoms with Crippen molar-refractivity contribution in [3.63, 3.8) is 0 Å². The molecule has 2 atom stereocenters. The van der Waals surface area contributed by atoms with Crippen LogP contribution in [0.5, 0.6) is 0 Å². The van der Waals surface area contributed by atoms with Crippen LogP contribution in [0.15, 0.2) is 24.4 Å². The van der Waals surface area contributed by atoms with Gasteiger partial charge in [-0.05, 0) is 38.3 Å². The number of amides is 1. The zero-order valence-electron chi connectivity index (χ0n) is 13.5. The Balaban J connectivity index is 1.50. The fourth-order valence-electron chi connectivity index (χ4n) is 2.34. The van der Waals surface area contributed by atoms with E-state index in [1.165, 1.54) is 11.3 Å². The zero-order valence-corrected chi connectivity index (χ0v) is 14.3. The Labute approximate surface area is 144 Å². The van der Waals surface area contributed by atoms with Crippen LogP contribution >= 0.6 is 11.3 Å². The van der Waals surface area contributed by atoms with Gasteiger partial charge in [0.2, 0.25) is 5.13 Å². The van der Waals surface area contributed by atoms with E-state index in [1.54, 1.807) is 13.1 Å². The van der Waals surface area contributed by atoms with Gasteiger partial charge in [0.1, 0.15) is 11.8 Å². The normalized spacial score (nSPS) is 19.0. The van der Waals surface area contributed by atoms with E-state index >= 15 is 0 Å². The summed E-state index contributed by atoms with van der Waals surface area (Å²) in [4.78, 5) is 16.4. The van der Waals surface area contributed by atoms with Gasteiger partial charge in [0.15, 0.2) is 5.01 Å². The summed E-state index contributed by atoms with van der Waals surface area (Å²) in [6.07, 6.45) is 4.44. The lowest BCUT2D eigenvalue weighted by atomic mass is 10.1. The average molecular weight is 348 g/mol. The maximum atomic E-state index is 12.2. The molecule has 1 N–H and O–H groups in total. The van der Waals surface area contributed by atoms with Crippen LogP contribution in [-0.4, -0.2) is 46.5 Å². The van der Waals surface area contributed by atoms with Gasteiger partial charge in [-0.1, -0.05) is 17.4 Å². The van der Waals surface area contributed by atoms with Crippen molar-refractivity contribution in [3.8, 4) is 10.7 Å². The number of hydrogen-bond acceptors (Lipinski definition) is 7. The highest BCUT2D eigenvalue weighted by atomic mass is 32.1. The Hall–Kier alpha value is -1.90. The molecule has 2 unspecified atom stereocenters. The summed E-state index contributed by atoms with van der Waals surface area (Å²) in [6.45, 7) is 2.93. The number of ether oxygens (including phenoxy) is 2. The molecule has 0 aliphatic carbocycles. The molecule has 128 valence electrons. The molecule has 1 fully saturated rings. The van der Waals surface area contributed by atoms with E-state index in [2.05, 4.69) is 20.5 Å². The van der Waals surface area contributed by atoms with Crippen LogP contribution < -0.4 is 5.32 Å². The van der Waals surface area contributed by atoms with Crippen LogP contribution in [0.1, 0.15) is 26.2 Å². The molecule has 24 heavy (non-hydrogen) atoms. The van der Waals surface area contributed by atoms with Gasteiger partial charge < -0.3 is 9.47 Å². The van der Waals surface area contributed by atoms with E-state index < -0.39 is 6.10 Å². The molecule has 3 heterocycles. The first kappa shape index (κ1) is 16.9. The SMILES string of the molecule is CC(OCC1CCCCO1)C(=O)Nc1nnc(-c2ccccn2)s1. The molecule has 1 saturated heterocycles. The minimum atomic E-state index is -0.572. The van der Waals surface area contributed by atoms with E-state index in [1.807, 2.05) is 18.2 Å². The monoisotopic (exact) mass is 348 g/mol. The average Bonchev–Trinajstić information content (AvgIpc) is 3.10. The Morgan fingerprint density at radius 3 is 3.12 bits per heavy atom. The summed E-state index contributed by atoms with van der Waals surface area (Å²) in [5.41, 5.74) is 0.731. The van der Waals surface area contributed by atoms with Crippen LogP contribution in [0.3, 0.4) is 0 Å². The topological polar surface area (TPSA) is 86.2 Å². The number of carbonyl (C=O) groups is 1. The summed E-state index contributed by atoms with van der Waals surface area (Å²) >= 11 is 1.28. The number of pyridine rings is 1. The molecule has 0 spiro atoms. The van der Waals surface area contributed by atoms with Gasteiger partial charge in [-0.25, -0.2) is 0 Å². The molecule has 0 radical (unpaired) electrons. The molecule has 2 aromatic heterocycles. The van der Waals surface area contributed by atoms with Gasteiger partial charge in [-0.3, -0.25) is 15.1 Å². The smallest absolute Gasteiger partial charge is 0.255 e. The maximum absolute atomic E-state index is 12.2.